The highest BCUT2D eigenvalue weighted by molar-refractivity contribution is 7.98. The molecule has 0 bridgehead atoms. The predicted molar refractivity (Wildman–Crippen MR) is 158 cm³/mol. The Morgan fingerprint density at radius 3 is 2.21 bits per heavy atom. The van der Waals surface area contributed by atoms with Crippen LogP contribution in [0.3, 0.4) is 0 Å². The maximum atomic E-state index is 13.3. The van der Waals surface area contributed by atoms with Crippen molar-refractivity contribution in [3.63, 3.8) is 0 Å². The Labute approximate surface area is 229 Å². The van der Waals surface area contributed by atoms with Crippen molar-refractivity contribution in [2.24, 2.45) is 0 Å². The van der Waals surface area contributed by atoms with Crippen molar-refractivity contribution in [2.45, 2.75) is 32.2 Å². The van der Waals surface area contributed by atoms with E-state index in [4.69, 9.17) is 0 Å². The van der Waals surface area contributed by atoms with E-state index in [1.54, 1.807) is 11.8 Å². The zero-order valence-electron chi connectivity index (χ0n) is 21.8. The molecule has 5 heteroatoms. The molecule has 0 aromatic heterocycles. The number of aryl methyl sites for hydroxylation is 3. The Morgan fingerprint density at radius 2 is 1.50 bits per heavy atom. The summed E-state index contributed by atoms with van der Waals surface area (Å²) in [5.74, 6) is -0.720. The van der Waals surface area contributed by atoms with Crippen LogP contribution >= 0.6 is 11.8 Å². The number of carbonyl (C=O) groups is 2. The number of aliphatic carboxylic acids is 1. The van der Waals surface area contributed by atoms with Crippen LogP contribution in [0.15, 0.2) is 97.1 Å². The van der Waals surface area contributed by atoms with Gasteiger partial charge in [0, 0.05) is 5.56 Å². The molecule has 0 aliphatic heterocycles. The number of hydrogen-bond donors (Lipinski definition) is 2. The Kier molecular flexibility index (Phi) is 9.39. The fourth-order valence-electron chi connectivity index (χ4n) is 4.69. The number of carboxylic acid groups (broad SMARTS) is 1. The largest absolute Gasteiger partial charge is 0.480 e. The van der Waals surface area contributed by atoms with Crippen LogP contribution in [0.25, 0.3) is 22.3 Å². The van der Waals surface area contributed by atoms with Crippen LogP contribution in [0.5, 0.6) is 0 Å². The molecule has 38 heavy (non-hydrogen) atoms. The van der Waals surface area contributed by atoms with E-state index in [2.05, 4.69) is 59.9 Å². The Morgan fingerprint density at radius 1 is 0.816 bits per heavy atom. The average Bonchev–Trinajstić information content (AvgIpc) is 2.94. The summed E-state index contributed by atoms with van der Waals surface area (Å²) in [7, 11) is 0. The van der Waals surface area contributed by atoms with Gasteiger partial charge >= 0.3 is 5.97 Å². The Hall–Kier alpha value is -3.83. The maximum absolute atomic E-state index is 13.3. The molecule has 0 radical (unpaired) electrons. The van der Waals surface area contributed by atoms with Gasteiger partial charge in [0.1, 0.15) is 6.04 Å². The summed E-state index contributed by atoms with van der Waals surface area (Å²) in [6.07, 6.45) is 3.98. The minimum atomic E-state index is -1.02. The van der Waals surface area contributed by atoms with E-state index in [0.29, 0.717) is 17.7 Å². The molecule has 0 aliphatic carbocycles. The van der Waals surface area contributed by atoms with Gasteiger partial charge in [-0.25, -0.2) is 4.79 Å². The number of amides is 1. The van der Waals surface area contributed by atoms with Gasteiger partial charge in [-0.2, -0.15) is 11.8 Å². The van der Waals surface area contributed by atoms with Crippen molar-refractivity contribution in [2.75, 3.05) is 12.0 Å². The first-order valence-corrected chi connectivity index (χ1v) is 14.2. The number of benzene rings is 4. The third-order valence-electron chi connectivity index (χ3n) is 6.76. The monoisotopic (exact) mass is 523 g/mol. The normalized spacial score (nSPS) is 11.6. The van der Waals surface area contributed by atoms with Crippen molar-refractivity contribution in [1.82, 2.24) is 5.32 Å². The Bertz CT molecular complexity index is 1400. The topological polar surface area (TPSA) is 66.4 Å². The van der Waals surface area contributed by atoms with Crippen LogP contribution < -0.4 is 5.32 Å². The smallest absolute Gasteiger partial charge is 0.326 e. The molecule has 0 saturated carbocycles. The van der Waals surface area contributed by atoms with E-state index in [-0.39, 0.29) is 5.91 Å². The third-order valence-corrected chi connectivity index (χ3v) is 7.41. The van der Waals surface area contributed by atoms with Gasteiger partial charge in [0.15, 0.2) is 0 Å². The number of carboxylic acids is 1. The minimum absolute atomic E-state index is 0.363. The minimum Gasteiger partial charge on any atom is -0.480 e. The molecule has 4 aromatic carbocycles. The van der Waals surface area contributed by atoms with E-state index >= 15 is 0 Å². The van der Waals surface area contributed by atoms with Gasteiger partial charge in [-0.1, -0.05) is 91.0 Å². The molecule has 194 valence electrons. The summed E-state index contributed by atoms with van der Waals surface area (Å²) >= 11 is 1.56. The molecule has 0 spiro atoms. The molecular weight excluding hydrogens is 490 g/mol. The highest BCUT2D eigenvalue weighted by atomic mass is 32.2. The fraction of sp³-hybridized carbons (Fsp3) is 0.212. The van der Waals surface area contributed by atoms with Gasteiger partial charge in [-0.3, -0.25) is 4.79 Å². The van der Waals surface area contributed by atoms with Gasteiger partial charge in [-0.15, -0.1) is 0 Å². The van der Waals surface area contributed by atoms with Crippen LogP contribution in [-0.4, -0.2) is 35.0 Å². The van der Waals surface area contributed by atoms with E-state index in [1.807, 2.05) is 55.6 Å². The van der Waals surface area contributed by atoms with Crippen LogP contribution in [0.1, 0.15) is 33.5 Å². The summed E-state index contributed by atoms with van der Waals surface area (Å²) in [5, 5.41) is 12.4. The number of nitrogens with one attached hydrogen (secondary N) is 1. The van der Waals surface area contributed by atoms with Crippen molar-refractivity contribution in [1.29, 1.82) is 0 Å². The van der Waals surface area contributed by atoms with E-state index in [9.17, 15) is 14.7 Å². The van der Waals surface area contributed by atoms with E-state index in [0.717, 1.165) is 35.1 Å². The lowest BCUT2D eigenvalue weighted by atomic mass is 9.91. The second-order valence-electron chi connectivity index (χ2n) is 9.36. The SMILES string of the molecule is CSCCC(NC(=O)c1ccc(CCc2ccccc2-c2ccccc2)cc1-c1ccccc1C)C(=O)O. The quantitative estimate of drug-likeness (QED) is 0.221. The summed E-state index contributed by atoms with van der Waals surface area (Å²) in [6.45, 7) is 2.03. The first-order chi connectivity index (χ1) is 18.5. The lowest BCUT2D eigenvalue weighted by Gasteiger charge is -2.18. The second kappa shape index (κ2) is 13.1. The number of carbonyl (C=O) groups excluding carboxylic acids is 1. The summed E-state index contributed by atoms with van der Waals surface area (Å²) in [5.41, 5.74) is 8.17. The molecule has 0 heterocycles. The van der Waals surface area contributed by atoms with Crippen LogP contribution in [-0.2, 0) is 17.6 Å². The van der Waals surface area contributed by atoms with Gasteiger partial charge in [0.05, 0.1) is 0 Å². The van der Waals surface area contributed by atoms with E-state index in [1.165, 1.54) is 16.7 Å². The first-order valence-electron chi connectivity index (χ1n) is 12.8. The van der Waals surface area contributed by atoms with Gasteiger partial charge in [0.25, 0.3) is 5.91 Å². The number of thioether (sulfide) groups is 1. The number of rotatable bonds is 11. The third kappa shape index (κ3) is 6.73. The zero-order valence-corrected chi connectivity index (χ0v) is 22.6. The molecule has 1 unspecified atom stereocenters. The van der Waals surface area contributed by atoms with Crippen molar-refractivity contribution >= 4 is 23.6 Å². The summed E-state index contributed by atoms with van der Waals surface area (Å²) in [4.78, 5) is 25.1. The maximum Gasteiger partial charge on any atom is 0.326 e. The highest BCUT2D eigenvalue weighted by Crippen LogP contribution is 2.30. The molecule has 4 nitrogen and oxygen atoms in total. The molecule has 2 N–H and O–H groups in total. The second-order valence-corrected chi connectivity index (χ2v) is 10.3. The van der Waals surface area contributed by atoms with Crippen LogP contribution in [0.4, 0.5) is 0 Å². The lowest BCUT2D eigenvalue weighted by molar-refractivity contribution is -0.139. The molecule has 0 aliphatic rings. The standard InChI is InChI=1S/C33H33NO3S/c1-23-10-6-8-14-27(23)30-22-24(17-19-29(30)32(35)34-31(33(36)37)20-21-38-2)16-18-26-13-7-9-15-28(26)25-11-4-3-5-12-25/h3-15,17,19,22,31H,16,18,20-21H2,1-2H3,(H,34,35)(H,36,37). The predicted octanol–water partition coefficient (Wildman–Crippen LogP) is 7.05. The van der Waals surface area contributed by atoms with Crippen LogP contribution in [0, 0.1) is 6.92 Å². The molecule has 1 atom stereocenters. The lowest BCUT2D eigenvalue weighted by Crippen LogP contribution is -2.41. The highest BCUT2D eigenvalue weighted by Gasteiger charge is 2.22. The van der Waals surface area contributed by atoms with E-state index < -0.39 is 12.0 Å². The average molecular weight is 524 g/mol. The fourth-order valence-corrected chi connectivity index (χ4v) is 5.16. The summed E-state index contributed by atoms with van der Waals surface area (Å²) < 4.78 is 0. The van der Waals surface area contributed by atoms with Gasteiger partial charge in [-0.05, 0) is 83.2 Å². The van der Waals surface area contributed by atoms with Crippen LogP contribution in [0.2, 0.25) is 0 Å². The van der Waals surface area contributed by atoms with Crippen molar-refractivity contribution in [3.05, 3.63) is 119 Å². The summed E-state index contributed by atoms with van der Waals surface area (Å²) in [6, 6.07) is 31.8. The molecule has 1 amide bonds. The van der Waals surface area contributed by atoms with Gasteiger partial charge < -0.3 is 10.4 Å². The van der Waals surface area contributed by atoms with Crippen molar-refractivity contribution in [3.8, 4) is 22.3 Å². The van der Waals surface area contributed by atoms with Crippen molar-refractivity contribution < 1.29 is 14.7 Å². The first kappa shape index (κ1) is 27.2. The number of hydrogen-bond acceptors (Lipinski definition) is 3. The molecule has 0 fully saturated rings. The Balaban J connectivity index is 1.64. The molecule has 4 rings (SSSR count). The molecule has 0 saturated heterocycles. The van der Waals surface area contributed by atoms with Gasteiger partial charge in [0.2, 0.25) is 0 Å². The zero-order chi connectivity index (χ0) is 26.9. The molecular formula is C33H33NO3S. The molecule has 4 aromatic rings.